The molecule has 10 heteroatoms. The van der Waals surface area contributed by atoms with E-state index in [-0.39, 0.29) is 5.82 Å². The van der Waals surface area contributed by atoms with Gasteiger partial charge in [-0.05, 0) is 12.1 Å². The molecule has 3 N–H and O–H groups in total. The van der Waals surface area contributed by atoms with Crippen LogP contribution in [0.4, 0.5) is 5.82 Å². The number of halogens is 1. The first-order chi connectivity index (χ1) is 7.39. The quantitative estimate of drug-likeness (QED) is 0.558. The molecule has 2 atom stereocenters. The Morgan fingerprint density at radius 2 is 2.31 bits per heavy atom. The lowest BCUT2D eigenvalue weighted by molar-refractivity contribution is 0.314. The molecule has 0 aliphatic heterocycles. The summed E-state index contributed by atoms with van der Waals surface area (Å²) in [6.07, 6.45) is 1.31. The summed E-state index contributed by atoms with van der Waals surface area (Å²) in [5.41, 5.74) is 2.10. The van der Waals surface area contributed by atoms with Crippen molar-refractivity contribution in [1.82, 2.24) is 4.98 Å². The van der Waals surface area contributed by atoms with Gasteiger partial charge in [-0.2, -0.15) is 4.62 Å². The van der Waals surface area contributed by atoms with Crippen LogP contribution in [0.1, 0.15) is 0 Å². The van der Waals surface area contributed by atoms with Crippen LogP contribution in [0, 0.1) is 0 Å². The highest BCUT2D eigenvalue weighted by atomic mass is 35.5. The minimum atomic E-state index is -4.13. The monoisotopic (exact) mass is 286 g/mol. The molecule has 90 valence electrons. The summed E-state index contributed by atoms with van der Waals surface area (Å²) in [5.74, 6) is -0.644. The van der Waals surface area contributed by atoms with E-state index in [1.165, 1.54) is 18.3 Å². The highest BCUT2D eigenvalue weighted by Gasteiger charge is 2.22. The lowest BCUT2D eigenvalue weighted by Crippen LogP contribution is -2.02. The van der Waals surface area contributed by atoms with Gasteiger partial charge in [-0.15, -0.1) is 0 Å². The van der Waals surface area contributed by atoms with Crippen LogP contribution in [0.2, 0.25) is 5.02 Å². The molecule has 0 spiro atoms. The van der Waals surface area contributed by atoms with Crippen molar-refractivity contribution in [1.29, 1.82) is 0 Å². The van der Waals surface area contributed by atoms with Crippen LogP contribution < -0.4 is 5.48 Å². The van der Waals surface area contributed by atoms with Gasteiger partial charge in [-0.1, -0.05) is 11.6 Å². The van der Waals surface area contributed by atoms with E-state index in [0.717, 1.165) is 0 Å². The van der Waals surface area contributed by atoms with Gasteiger partial charge in [-0.3, -0.25) is 9.13 Å². The standard InChI is InChI=1S/C6H9ClN2O5P2/c7-5-1-2-6(8-3-5)9-14-16(12,13)4-15(10)11/h1-3,15H,4H2,(H,8,9)(H,10,11)(H,12,13). The molecule has 0 aromatic carbocycles. The zero-order valence-corrected chi connectivity index (χ0v) is 10.5. The van der Waals surface area contributed by atoms with E-state index in [1.807, 2.05) is 0 Å². The summed E-state index contributed by atoms with van der Waals surface area (Å²) >= 11 is 5.57. The molecule has 16 heavy (non-hydrogen) atoms. The van der Waals surface area contributed by atoms with Gasteiger partial charge in [0.1, 0.15) is 11.7 Å². The van der Waals surface area contributed by atoms with Crippen molar-refractivity contribution in [2.24, 2.45) is 0 Å². The second-order valence-corrected chi connectivity index (χ2v) is 6.69. The molecule has 0 saturated heterocycles. The van der Waals surface area contributed by atoms with Crippen LogP contribution in [0.3, 0.4) is 0 Å². The number of rotatable bonds is 5. The molecule has 0 bridgehead atoms. The van der Waals surface area contributed by atoms with Gasteiger partial charge in [0, 0.05) is 6.20 Å². The molecule has 0 amide bonds. The zero-order valence-electron chi connectivity index (χ0n) is 7.83. The van der Waals surface area contributed by atoms with Gasteiger partial charge in [0.05, 0.1) is 5.02 Å². The van der Waals surface area contributed by atoms with Crippen molar-refractivity contribution < 1.29 is 23.5 Å². The van der Waals surface area contributed by atoms with Gasteiger partial charge < -0.3 is 9.79 Å². The molecule has 0 saturated carbocycles. The Morgan fingerprint density at radius 1 is 1.62 bits per heavy atom. The lowest BCUT2D eigenvalue weighted by atomic mass is 10.5. The van der Waals surface area contributed by atoms with E-state index in [4.69, 9.17) is 21.4 Å². The normalized spacial score (nSPS) is 16.4. The zero-order chi connectivity index (χ0) is 12.2. The largest absolute Gasteiger partial charge is 0.358 e. The van der Waals surface area contributed by atoms with Crippen LogP contribution >= 0.6 is 27.2 Å². The fourth-order valence-electron chi connectivity index (χ4n) is 0.757. The van der Waals surface area contributed by atoms with Crippen LogP contribution in [-0.4, -0.2) is 20.7 Å². The van der Waals surface area contributed by atoms with E-state index >= 15 is 0 Å². The summed E-state index contributed by atoms with van der Waals surface area (Å²) in [5, 5.41) is 0.401. The molecule has 1 aromatic rings. The molecule has 0 aliphatic rings. The molecule has 1 rings (SSSR count). The predicted molar refractivity (Wildman–Crippen MR) is 59.9 cm³/mol. The highest BCUT2D eigenvalue weighted by Crippen LogP contribution is 2.48. The summed E-state index contributed by atoms with van der Waals surface area (Å²) in [7, 11) is -7.20. The number of hydrogen-bond donors (Lipinski definition) is 3. The number of anilines is 1. The third kappa shape index (κ3) is 5.07. The predicted octanol–water partition coefficient (Wildman–Crippen LogP) is 1.69. The molecule has 1 aromatic heterocycles. The Labute approximate surface area is 96.8 Å². The second-order valence-electron chi connectivity index (χ2n) is 2.74. The van der Waals surface area contributed by atoms with E-state index in [2.05, 4.69) is 15.1 Å². The van der Waals surface area contributed by atoms with E-state index < -0.39 is 21.5 Å². The van der Waals surface area contributed by atoms with Crippen molar-refractivity contribution in [2.45, 2.75) is 0 Å². The minimum absolute atomic E-state index is 0.163. The van der Waals surface area contributed by atoms with E-state index in [1.54, 1.807) is 0 Å². The number of nitrogens with zero attached hydrogens (tertiary/aromatic N) is 1. The number of aromatic nitrogens is 1. The average Bonchev–Trinajstić information content (AvgIpc) is 2.15. The third-order valence-electron chi connectivity index (χ3n) is 1.36. The van der Waals surface area contributed by atoms with Crippen molar-refractivity contribution in [2.75, 3.05) is 11.4 Å². The first-order valence-electron chi connectivity index (χ1n) is 3.99. The molecule has 0 radical (unpaired) electrons. The molecule has 1 heterocycles. The van der Waals surface area contributed by atoms with Crippen LogP contribution in [0.25, 0.3) is 0 Å². The summed E-state index contributed by atoms with van der Waals surface area (Å²) in [6, 6.07) is 2.92. The van der Waals surface area contributed by atoms with Crippen molar-refractivity contribution >= 4 is 33.0 Å². The van der Waals surface area contributed by atoms with Gasteiger partial charge >= 0.3 is 7.60 Å². The third-order valence-corrected chi connectivity index (χ3v) is 4.64. The number of nitrogens with one attached hydrogen (secondary N) is 1. The van der Waals surface area contributed by atoms with Gasteiger partial charge in [0.25, 0.3) is 0 Å². The Hall–Kier alpha value is -0.420. The Bertz CT molecular complexity index is 425. The molecule has 0 aliphatic carbocycles. The van der Waals surface area contributed by atoms with E-state index in [0.29, 0.717) is 5.02 Å². The SMILES string of the molecule is O=[PH](O)CP(=O)(O)ONc1ccc(Cl)cn1. The Morgan fingerprint density at radius 3 is 2.81 bits per heavy atom. The van der Waals surface area contributed by atoms with Crippen molar-refractivity contribution in [3.05, 3.63) is 23.4 Å². The fraction of sp³-hybridized carbons (Fsp3) is 0.167. The minimum Gasteiger partial charge on any atom is -0.346 e. The van der Waals surface area contributed by atoms with Gasteiger partial charge in [0.2, 0.25) is 8.03 Å². The maximum Gasteiger partial charge on any atom is 0.358 e. The maximum atomic E-state index is 11.1. The highest BCUT2D eigenvalue weighted by molar-refractivity contribution is 7.64. The average molecular weight is 287 g/mol. The summed E-state index contributed by atoms with van der Waals surface area (Å²) in [4.78, 5) is 21.3. The summed E-state index contributed by atoms with van der Waals surface area (Å²) in [6.45, 7) is 0. The Balaban J connectivity index is 2.54. The molecule has 0 fully saturated rings. The van der Waals surface area contributed by atoms with E-state index in [9.17, 15) is 9.13 Å². The molecular formula is C6H9ClN2O5P2. The first-order valence-corrected chi connectivity index (χ1v) is 7.69. The number of pyridine rings is 1. The van der Waals surface area contributed by atoms with Gasteiger partial charge in [0.15, 0.2) is 0 Å². The van der Waals surface area contributed by atoms with Crippen LogP contribution in [0.5, 0.6) is 0 Å². The number of hydrogen-bond acceptors (Lipinski definition) is 5. The second kappa shape index (κ2) is 5.77. The summed E-state index contributed by atoms with van der Waals surface area (Å²) < 4.78 is 25.9. The van der Waals surface area contributed by atoms with Gasteiger partial charge in [-0.25, -0.2) is 10.5 Å². The van der Waals surface area contributed by atoms with Crippen molar-refractivity contribution in [3.63, 3.8) is 0 Å². The molecule has 2 unspecified atom stereocenters. The first kappa shape index (κ1) is 13.6. The topological polar surface area (TPSA) is 109 Å². The van der Waals surface area contributed by atoms with Crippen molar-refractivity contribution in [3.8, 4) is 0 Å². The Kier molecular flexibility index (Phi) is 4.92. The lowest BCUT2D eigenvalue weighted by Gasteiger charge is -2.10. The molecular weight excluding hydrogens is 277 g/mol. The van der Waals surface area contributed by atoms with Crippen LogP contribution in [0.15, 0.2) is 18.3 Å². The smallest absolute Gasteiger partial charge is 0.346 e. The molecule has 7 nitrogen and oxygen atoms in total. The fourth-order valence-corrected chi connectivity index (χ4v) is 2.73. The van der Waals surface area contributed by atoms with Crippen LogP contribution in [-0.2, 0) is 13.8 Å². The maximum absolute atomic E-state index is 11.1.